The lowest BCUT2D eigenvalue weighted by atomic mass is 10.0. The molecular weight excluding hydrogens is 288 g/mol. The summed E-state index contributed by atoms with van der Waals surface area (Å²) in [5.41, 5.74) is 0. The minimum atomic E-state index is -0.661. The Balaban J connectivity index is 2.07. The van der Waals surface area contributed by atoms with Crippen LogP contribution in [0.2, 0.25) is 0 Å². The predicted molar refractivity (Wildman–Crippen MR) is 96.9 cm³/mol. The van der Waals surface area contributed by atoms with Crippen molar-refractivity contribution in [2.75, 3.05) is 26.2 Å². The van der Waals surface area contributed by atoms with Gasteiger partial charge in [-0.2, -0.15) is 0 Å². The second-order valence-corrected chi connectivity index (χ2v) is 7.01. The van der Waals surface area contributed by atoms with Gasteiger partial charge in [0.15, 0.2) is 0 Å². The molecule has 136 valence electrons. The van der Waals surface area contributed by atoms with E-state index in [4.69, 9.17) is 5.11 Å². The predicted octanol–water partition coefficient (Wildman–Crippen LogP) is 4.05. The Morgan fingerprint density at radius 3 is 2.52 bits per heavy atom. The fourth-order valence-corrected chi connectivity index (χ4v) is 3.49. The molecule has 0 aliphatic carbocycles. The van der Waals surface area contributed by atoms with E-state index in [1.54, 1.807) is 0 Å². The number of carboxylic acid groups (broad SMARTS) is 1. The van der Waals surface area contributed by atoms with Gasteiger partial charge in [0.05, 0.1) is 0 Å². The zero-order chi connectivity index (χ0) is 16.8. The van der Waals surface area contributed by atoms with Gasteiger partial charge < -0.3 is 10.4 Å². The van der Waals surface area contributed by atoms with Gasteiger partial charge in [0.2, 0.25) is 0 Å². The first-order chi connectivity index (χ1) is 11.2. The third-order valence-electron chi connectivity index (χ3n) is 4.95. The Bertz CT molecular complexity index is 297. The highest BCUT2D eigenvalue weighted by Gasteiger charge is 2.20. The van der Waals surface area contributed by atoms with Gasteiger partial charge in [0.25, 0.3) is 0 Å². The molecule has 23 heavy (non-hydrogen) atoms. The van der Waals surface area contributed by atoms with E-state index >= 15 is 0 Å². The smallest absolute Gasteiger partial charge is 0.303 e. The number of unbranched alkanes of at least 4 members (excludes halogenated alkanes) is 8. The molecule has 1 atom stereocenters. The summed E-state index contributed by atoms with van der Waals surface area (Å²) < 4.78 is 0. The molecule has 0 radical (unpaired) electrons. The zero-order valence-corrected chi connectivity index (χ0v) is 15.2. The van der Waals surface area contributed by atoms with E-state index in [0.29, 0.717) is 12.5 Å². The average Bonchev–Trinajstić information content (AvgIpc) is 2.55. The third kappa shape index (κ3) is 10.7. The Kier molecular flexibility index (Phi) is 12.3. The van der Waals surface area contributed by atoms with Crippen LogP contribution in [-0.2, 0) is 4.79 Å². The molecule has 0 saturated carbocycles. The van der Waals surface area contributed by atoms with Crippen molar-refractivity contribution in [3.8, 4) is 0 Å². The summed E-state index contributed by atoms with van der Waals surface area (Å²) in [6, 6.07) is 0.693. The molecule has 1 heterocycles. The van der Waals surface area contributed by atoms with E-state index in [1.807, 2.05) is 0 Å². The molecule has 0 aromatic carbocycles. The number of rotatable bonds is 14. The molecule has 0 amide bonds. The number of aliphatic carboxylic acids is 1. The van der Waals surface area contributed by atoms with Crippen LogP contribution in [0.5, 0.6) is 0 Å². The minimum Gasteiger partial charge on any atom is -0.481 e. The average molecular weight is 327 g/mol. The van der Waals surface area contributed by atoms with Gasteiger partial charge in [-0.25, -0.2) is 0 Å². The van der Waals surface area contributed by atoms with E-state index in [-0.39, 0.29) is 0 Å². The maximum absolute atomic E-state index is 10.5. The molecule has 1 unspecified atom stereocenters. The standard InChI is InChI=1S/C19H38N2O2/c1-2-3-4-5-8-11-15-21-16-14-20-17-18(21)12-9-6-7-10-13-19(22)23/h18,20H,2-17H2,1H3,(H,22,23). The highest BCUT2D eigenvalue weighted by Crippen LogP contribution is 2.15. The van der Waals surface area contributed by atoms with Crippen LogP contribution in [0.25, 0.3) is 0 Å². The lowest BCUT2D eigenvalue weighted by molar-refractivity contribution is -0.137. The maximum Gasteiger partial charge on any atom is 0.303 e. The van der Waals surface area contributed by atoms with E-state index in [9.17, 15) is 4.79 Å². The number of nitrogens with zero attached hydrogens (tertiary/aromatic N) is 1. The lowest BCUT2D eigenvalue weighted by Gasteiger charge is -2.36. The van der Waals surface area contributed by atoms with Gasteiger partial charge >= 0.3 is 5.97 Å². The number of carbonyl (C=O) groups is 1. The normalized spacial score (nSPS) is 19.1. The first-order valence-electron chi connectivity index (χ1n) is 9.90. The van der Waals surface area contributed by atoms with Crippen LogP contribution in [0.4, 0.5) is 0 Å². The highest BCUT2D eigenvalue weighted by molar-refractivity contribution is 5.66. The van der Waals surface area contributed by atoms with Crippen molar-refractivity contribution >= 4 is 5.97 Å². The minimum absolute atomic E-state index is 0.329. The second-order valence-electron chi connectivity index (χ2n) is 7.01. The van der Waals surface area contributed by atoms with E-state index in [1.165, 1.54) is 70.9 Å². The monoisotopic (exact) mass is 326 g/mol. The summed E-state index contributed by atoms with van der Waals surface area (Å²) >= 11 is 0. The van der Waals surface area contributed by atoms with Crippen LogP contribution in [0.15, 0.2) is 0 Å². The number of hydrogen-bond acceptors (Lipinski definition) is 3. The van der Waals surface area contributed by atoms with Gasteiger partial charge in [-0.1, -0.05) is 58.3 Å². The van der Waals surface area contributed by atoms with Gasteiger partial charge in [-0.05, 0) is 25.8 Å². The van der Waals surface area contributed by atoms with Crippen LogP contribution in [0.1, 0.15) is 84.0 Å². The second kappa shape index (κ2) is 13.8. The topological polar surface area (TPSA) is 52.6 Å². The zero-order valence-electron chi connectivity index (χ0n) is 15.2. The number of piperazine rings is 1. The molecule has 4 heteroatoms. The highest BCUT2D eigenvalue weighted by atomic mass is 16.4. The van der Waals surface area contributed by atoms with Crippen molar-refractivity contribution in [3.05, 3.63) is 0 Å². The van der Waals surface area contributed by atoms with Crippen molar-refractivity contribution < 1.29 is 9.90 Å². The van der Waals surface area contributed by atoms with E-state index in [2.05, 4.69) is 17.1 Å². The van der Waals surface area contributed by atoms with E-state index < -0.39 is 5.97 Å². The molecule has 1 fully saturated rings. The summed E-state index contributed by atoms with van der Waals surface area (Å²) in [6.45, 7) is 6.99. The Labute approximate surface area is 143 Å². The fraction of sp³-hybridized carbons (Fsp3) is 0.947. The molecule has 1 aliphatic heterocycles. The molecular formula is C19H38N2O2. The SMILES string of the molecule is CCCCCCCCN1CCNCC1CCCCCCC(=O)O. The van der Waals surface area contributed by atoms with Crippen LogP contribution in [0, 0.1) is 0 Å². The first kappa shape index (κ1) is 20.4. The molecule has 1 saturated heterocycles. The molecule has 0 aromatic heterocycles. The molecule has 0 bridgehead atoms. The Morgan fingerprint density at radius 2 is 1.74 bits per heavy atom. The molecule has 1 rings (SSSR count). The number of hydrogen-bond donors (Lipinski definition) is 2. The molecule has 2 N–H and O–H groups in total. The van der Waals surface area contributed by atoms with Gasteiger partial charge in [0.1, 0.15) is 0 Å². The molecule has 4 nitrogen and oxygen atoms in total. The van der Waals surface area contributed by atoms with Gasteiger partial charge in [0, 0.05) is 32.1 Å². The Morgan fingerprint density at radius 1 is 1.04 bits per heavy atom. The number of carboxylic acids is 1. The summed E-state index contributed by atoms with van der Waals surface area (Å²) in [5, 5.41) is 12.2. The quantitative estimate of drug-likeness (QED) is 0.473. The lowest BCUT2D eigenvalue weighted by Crippen LogP contribution is -2.51. The Hall–Kier alpha value is -0.610. The van der Waals surface area contributed by atoms with Crippen molar-refractivity contribution in [2.45, 2.75) is 90.0 Å². The fourth-order valence-electron chi connectivity index (χ4n) is 3.49. The van der Waals surface area contributed by atoms with Crippen molar-refractivity contribution in [2.24, 2.45) is 0 Å². The van der Waals surface area contributed by atoms with Crippen LogP contribution in [-0.4, -0.2) is 48.2 Å². The summed E-state index contributed by atoms with van der Waals surface area (Å²) in [5.74, 6) is -0.661. The third-order valence-corrected chi connectivity index (χ3v) is 4.95. The van der Waals surface area contributed by atoms with Crippen LogP contribution < -0.4 is 5.32 Å². The molecule has 0 aromatic rings. The van der Waals surface area contributed by atoms with Crippen molar-refractivity contribution in [1.82, 2.24) is 10.2 Å². The maximum atomic E-state index is 10.5. The number of nitrogens with one attached hydrogen (secondary N) is 1. The van der Waals surface area contributed by atoms with Crippen LogP contribution in [0.3, 0.4) is 0 Å². The molecule has 1 aliphatic rings. The van der Waals surface area contributed by atoms with E-state index in [0.717, 1.165) is 25.9 Å². The first-order valence-corrected chi connectivity index (χ1v) is 9.90. The summed E-state index contributed by atoms with van der Waals surface area (Å²) in [4.78, 5) is 13.2. The summed E-state index contributed by atoms with van der Waals surface area (Å²) in [6.07, 6.45) is 14.1. The van der Waals surface area contributed by atoms with Crippen molar-refractivity contribution in [3.63, 3.8) is 0 Å². The molecule has 0 spiro atoms. The van der Waals surface area contributed by atoms with Crippen molar-refractivity contribution in [1.29, 1.82) is 0 Å². The van der Waals surface area contributed by atoms with Gasteiger partial charge in [-0.3, -0.25) is 9.69 Å². The largest absolute Gasteiger partial charge is 0.481 e. The van der Waals surface area contributed by atoms with Gasteiger partial charge in [-0.15, -0.1) is 0 Å². The van der Waals surface area contributed by atoms with Crippen LogP contribution >= 0.6 is 0 Å². The summed E-state index contributed by atoms with van der Waals surface area (Å²) in [7, 11) is 0.